The van der Waals surface area contributed by atoms with E-state index in [9.17, 15) is 14.4 Å². The van der Waals surface area contributed by atoms with Crippen molar-refractivity contribution >= 4 is 11.8 Å². The lowest BCUT2D eigenvalue weighted by atomic mass is 10.0. The Morgan fingerprint density at radius 1 is 1.04 bits per heavy atom. The zero-order valence-corrected chi connectivity index (χ0v) is 15.1. The predicted molar refractivity (Wildman–Crippen MR) is 99.3 cm³/mol. The molecule has 0 spiro atoms. The molecule has 26 heavy (non-hydrogen) atoms. The highest BCUT2D eigenvalue weighted by molar-refractivity contribution is 5.96. The standard InChI is InChI=1S/C20H23N3O3/c1-14-6-3-4-7-16(14)18(24)21-15-9-12-23(13-10-15)20(26)17-8-5-11-22(2)19(17)25/h3-8,11,15H,9-10,12-13H2,1-2H3,(H,21,24). The monoisotopic (exact) mass is 353 g/mol. The maximum Gasteiger partial charge on any atom is 0.263 e. The summed E-state index contributed by atoms with van der Waals surface area (Å²) in [6.07, 6.45) is 2.99. The SMILES string of the molecule is Cc1ccccc1C(=O)NC1CCN(C(=O)c2cccn(C)c2=O)CC1. The number of hydrogen-bond donors (Lipinski definition) is 1. The Balaban J connectivity index is 1.60. The van der Waals surface area contributed by atoms with Gasteiger partial charge in [-0.05, 0) is 43.5 Å². The van der Waals surface area contributed by atoms with Gasteiger partial charge in [-0.3, -0.25) is 14.4 Å². The number of rotatable bonds is 3. The number of aromatic nitrogens is 1. The van der Waals surface area contributed by atoms with Gasteiger partial charge in [-0.25, -0.2) is 0 Å². The minimum absolute atomic E-state index is 0.0322. The van der Waals surface area contributed by atoms with Crippen LogP contribution in [0, 0.1) is 6.92 Å². The number of amides is 2. The number of nitrogens with zero attached hydrogens (tertiary/aromatic N) is 2. The molecule has 0 saturated carbocycles. The highest BCUT2D eigenvalue weighted by atomic mass is 16.2. The summed E-state index contributed by atoms with van der Waals surface area (Å²) in [5.41, 5.74) is 1.53. The Kier molecular flexibility index (Phi) is 5.21. The molecule has 1 saturated heterocycles. The Morgan fingerprint density at radius 3 is 2.38 bits per heavy atom. The number of benzene rings is 1. The molecule has 0 radical (unpaired) electrons. The van der Waals surface area contributed by atoms with Crippen molar-refractivity contribution in [3.05, 3.63) is 69.6 Å². The molecule has 6 nitrogen and oxygen atoms in total. The van der Waals surface area contributed by atoms with Gasteiger partial charge in [0.05, 0.1) is 0 Å². The van der Waals surface area contributed by atoms with E-state index in [1.165, 1.54) is 4.57 Å². The van der Waals surface area contributed by atoms with Crippen LogP contribution < -0.4 is 10.9 Å². The second kappa shape index (κ2) is 7.56. The molecule has 3 rings (SSSR count). The van der Waals surface area contributed by atoms with Crippen LogP contribution in [0.3, 0.4) is 0 Å². The summed E-state index contributed by atoms with van der Waals surface area (Å²) in [4.78, 5) is 38.8. The Labute approximate surface area is 152 Å². The second-order valence-corrected chi connectivity index (χ2v) is 6.69. The smallest absolute Gasteiger partial charge is 0.263 e. The molecule has 1 aliphatic heterocycles. The maximum atomic E-state index is 12.6. The largest absolute Gasteiger partial charge is 0.349 e. The molecule has 0 unspecified atom stereocenters. The predicted octanol–water partition coefficient (Wildman–Crippen LogP) is 1.73. The van der Waals surface area contributed by atoms with Gasteiger partial charge in [0.2, 0.25) is 0 Å². The van der Waals surface area contributed by atoms with Crippen LogP contribution in [-0.2, 0) is 7.05 Å². The molecule has 1 aromatic heterocycles. The summed E-state index contributed by atoms with van der Waals surface area (Å²) >= 11 is 0. The number of nitrogens with one attached hydrogen (secondary N) is 1. The lowest BCUT2D eigenvalue weighted by Crippen LogP contribution is -2.47. The molecule has 136 valence electrons. The third-order valence-electron chi connectivity index (χ3n) is 4.86. The fraction of sp³-hybridized carbons (Fsp3) is 0.350. The molecule has 1 N–H and O–H groups in total. The van der Waals surface area contributed by atoms with Gasteiger partial charge in [0.25, 0.3) is 17.4 Å². The Morgan fingerprint density at radius 2 is 1.69 bits per heavy atom. The van der Waals surface area contributed by atoms with E-state index in [0.717, 1.165) is 5.56 Å². The summed E-state index contributed by atoms with van der Waals surface area (Å²) in [5.74, 6) is -0.320. The minimum atomic E-state index is -0.285. The molecule has 2 aromatic rings. The van der Waals surface area contributed by atoms with Gasteiger partial charge >= 0.3 is 0 Å². The van der Waals surface area contributed by atoms with Crippen molar-refractivity contribution in [3.63, 3.8) is 0 Å². The number of hydrogen-bond acceptors (Lipinski definition) is 3. The lowest BCUT2D eigenvalue weighted by molar-refractivity contribution is 0.0696. The number of pyridine rings is 1. The van der Waals surface area contributed by atoms with E-state index < -0.39 is 0 Å². The number of aryl methyl sites for hydroxylation is 2. The number of piperidine rings is 1. The molecule has 0 bridgehead atoms. The lowest BCUT2D eigenvalue weighted by Gasteiger charge is -2.32. The number of carbonyl (C=O) groups excluding carboxylic acids is 2. The van der Waals surface area contributed by atoms with Gasteiger partial charge < -0.3 is 14.8 Å². The summed E-state index contributed by atoms with van der Waals surface area (Å²) < 4.78 is 1.41. The van der Waals surface area contributed by atoms with E-state index in [-0.39, 0.29) is 29.0 Å². The summed E-state index contributed by atoms with van der Waals surface area (Å²) in [6.45, 7) is 2.96. The highest BCUT2D eigenvalue weighted by Crippen LogP contribution is 2.14. The van der Waals surface area contributed by atoms with Crippen molar-refractivity contribution < 1.29 is 9.59 Å². The average molecular weight is 353 g/mol. The van der Waals surface area contributed by atoms with Crippen LogP contribution in [0.2, 0.25) is 0 Å². The maximum absolute atomic E-state index is 12.6. The summed E-state index contributed by atoms with van der Waals surface area (Å²) in [5, 5.41) is 3.05. The van der Waals surface area contributed by atoms with Crippen molar-refractivity contribution in [2.24, 2.45) is 7.05 Å². The minimum Gasteiger partial charge on any atom is -0.349 e. The van der Waals surface area contributed by atoms with Crippen LogP contribution in [0.4, 0.5) is 0 Å². The Bertz CT molecular complexity index is 880. The van der Waals surface area contributed by atoms with Crippen LogP contribution in [0.1, 0.15) is 39.1 Å². The van der Waals surface area contributed by atoms with E-state index in [2.05, 4.69) is 5.32 Å². The van der Waals surface area contributed by atoms with E-state index in [1.54, 1.807) is 30.3 Å². The fourth-order valence-electron chi connectivity index (χ4n) is 3.25. The highest BCUT2D eigenvalue weighted by Gasteiger charge is 2.26. The third-order valence-corrected chi connectivity index (χ3v) is 4.86. The van der Waals surface area contributed by atoms with Crippen molar-refractivity contribution in [2.45, 2.75) is 25.8 Å². The van der Waals surface area contributed by atoms with Crippen molar-refractivity contribution in [1.82, 2.24) is 14.8 Å². The molecule has 2 amide bonds. The van der Waals surface area contributed by atoms with Crippen molar-refractivity contribution in [3.8, 4) is 0 Å². The molecule has 1 aliphatic rings. The molecule has 0 aliphatic carbocycles. The van der Waals surface area contributed by atoms with Crippen molar-refractivity contribution in [2.75, 3.05) is 13.1 Å². The van der Waals surface area contributed by atoms with Crippen LogP contribution in [0.15, 0.2) is 47.4 Å². The van der Waals surface area contributed by atoms with Gasteiger partial charge in [0.15, 0.2) is 0 Å². The summed E-state index contributed by atoms with van der Waals surface area (Å²) in [7, 11) is 1.63. The second-order valence-electron chi connectivity index (χ2n) is 6.69. The van der Waals surface area contributed by atoms with Crippen LogP contribution in [0.25, 0.3) is 0 Å². The van der Waals surface area contributed by atoms with E-state index in [1.807, 2.05) is 31.2 Å². The first-order valence-corrected chi connectivity index (χ1v) is 8.79. The van der Waals surface area contributed by atoms with Crippen LogP contribution in [0.5, 0.6) is 0 Å². The average Bonchev–Trinajstić information content (AvgIpc) is 2.64. The topological polar surface area (TPSA) is 71.4 Å². The summed E-state index contributed by atoms with van der Waals surface area (Å²) in [6, 6.07) is 10.8. The molecule has 6 heteroatoms. The van der Waals surface area contributed by atoms with Gasteiger partial charge in [0, 0.05) is 37.9 Å². The number of likely N-dealkylation sites (tertiary alicyclic amines) is 1. The van der Waals surface area contributed by atoms with E-state index >= 15 is 0 Å². The zero-order chi connectivity index (χ0) is 18.7. The zero-order valence-electron chi connectivity index (χ0n) is 15.1. The molecule has 0 atom stereocenters. The van der Waals surface area contributed by atoms with Crippen LogP contribution in [-0.4, -0.2) is 40.4 Å². The van der Waals surface area contributed by atoms with Gasteiger partial charge in [-0.1, -0.05) is 18.2 Å². The van der Waals surface area contributed by atoms with E-state index in [4.69, 9.17) is 0 Å². The van der Waals surface area contributed by atoms with Crippen molar-refractivity contribution in [1.29, 1.82) is 0 Å². The first kappa shape index (κ1) is 17.9. The number of carbonyl (C=O) groups is 2. The first-order valence-electron chi connectivity index (χ1n) is 8.79. The first-order chi connectivity index (χ1) is 12.5. The van der Waals surface area contributed by atoms with Gasteiger partial charge in [0.1, 0.15) is 5.56 Å². The van der Waals surface area contributed by atoms with Gasteiger partial charge in [-0.2, -0.15) is 0 Å². The molecule has 2 heterocycles. The van der Waals surface area contributed by atoms with E-state index in [0.29, 0.717) is 31.5 Å². The van der Waals surface area contributed by atoms with Crippen LogP contribution >= 0.6 is 0 Å². The molecular formula is C20H23N3O3. The molecule has 1 fully saturated rings. The molecular weight excluding hydrogens is 330 g/mol. The Hall–Kier alpha value is -2.89. The third kappa shape index (κ3) is 3.69. The normalized spacial score (nSPS) is 14.9. The quantitative estimate of drug-likeness (QED) is 0.913. The molecule has 1 aromatic carbocycles. The van der Waals surface area contributed by atoms with Gasteiger partial charge in [-0.15, -0.1) is 0 Å². The fourth-order valence-corrected chi connectivity index (χ4v) is 3.25.